The molecule has 1 atom stereocenters. The zero-order valence-electron chi connectivity index (χ0n) is 12.7. The van der Waals surface area contributed by atoms with Crippen LogP contribution in [0.3, 0.4) is 0 Å². The third-order valence-corrected chi connectivity index (χ3v) is 3.63. The molecule has 1 unspecified atom stereocenters. The second-order valence-electron chi connectivity index (χ2n) is 5.62. The molecule has 2 rings (SSSR count). The number of carbonyl (C=O) groups is 1. The van der Waals surface area contributed by atoms with Crippen molar-refractivity contribution >= 4 is 5.91 Å². The van der Waals surface area contributed by atoms with Crippen LogP contribution in [-0.4, -0.2) is 30.7 Å². The van der Waals surface area contributed by atoms with Crippen molar-refractivity contribution in [3.63, 3.8) is 0 Å². The molecule has 0 heterocycles. The van der Waals surface area contributed by atoms with Crippen LogP contribution in [0.1, 0.15) is 33.1 Å². The summed E-state index contributed by atoms with van der Waals surface area (Å²) >= 11 is 0. The number of hydrogen-bond donors (Lipinski definition) is 2. The molecule has 116 valence electrons. The minimum atomic E-state index is -0.710. The summed E-state index contributed by atoms with van der Waals surface area (Å²) in [5.41, 5.74) is 4.80. The molecule has 0 radical (unpaired) electrons. The van der Waals surface area contributed by atoms with Gasteiger partial charge in [0.1, 0.15) is 11.5 Å². The zero-order valence-corrected chi connectivity index (χ0v) is 12.7. The Balaban J connectivity index is 1.86. The molecule has 21 heavy (non-hydrogen) atoms. The lowest BCUT2D eigenvalue weighted by atomic mass is 9.97. The van der Waals surface area contributed by atoms with Crippen LogP contribution in [0.15, 0.2) is 24.3 Å². The first-order chi connectivity index (χ1) is 10.0. The lowest BCUT2D eigenvalue weighted by Crippen LogP contribution is -2.54. The summed E-state index contributed by atoms with van der Waals surface area (Å²) < 4.78 is 11.1. The van der Waals surface area contributed by atoms with Gasteiger partial charge in [-0.05, 0) is 38.8 Å². The standard InChI is InChI=1S/C16H24N2O3/c1-3-20-13-5-4-6-14(11-13)21-10-9-16(2,15(17)19)18-12-7-8-12/h4-6,11-12,18H,3,7-10H2,1-2H3,(H2,17,19). The highest BCUT2D eigenvalue weighted by atomic mass is 16.5. The summed E-state index contributed by atoms with van der Waals surface area (Å²) in [7, 11) is 0. The second kappa shape index (κ2) is 6.80. The normalized spacial score (nSPS) is 17.0. The molecule has 1 aliphatic carbocycles. The Kier molecular flexibility index (Phi) is 5.07. The quantitative estimate of drug-likeness (QED) is 0.728. The monoisotopic (exact) mass is 292 g/mol. The molecule has 5 nitrogen and oxygen atoms in total. The van der Waals surface area contributed by atoms with Gasteiger partial charge >= 0.3 is 0 Å². The van der Waals surface area contributed by atoms with E-state index in [0.717, 1.165) is 24.3 Å². The molecule has 0 aromatic heterocycles. The molecule has 1 fully saturated rings. The van der Waals surface area contributed by atoms with E-state index in [9.17, 15) is 4.79 Å². The van der Waals surface area contributed by atoms with E-state index >= 15 is 0 Å². The number of nitrogens with one attached hydrogen (secondary N) is 1. The van der Waals surface area contributed by atoms with Gasteiger partial charge in [-0.3, -0.25) is 4.79 Å². The van der Waals surface area contributed by atoms with Crippen LogP contribution in [0, 0.1) is 0 Å². The molecule has 1 aromatic carbocycles. The van der Waals surface area contributed by atoms with Crippen LogP contribution in [0.2, 0.25) is 0 Å². The highest BCUT2D eigenvalue weighted by molar-refractivity contribution is 5.84. The van der Waals surface area contributed by atoms with Crippen LogP contribution in [0.25, 0.3) is 0 Å². The van der Waals surface area contributed by atoms with E-state index < -0.39 is 5.54 Å². The third-order valence-electron chi connectivity index (χ3n) is 3.63. The first-order valence-corrected chi connectivity index (χ1v) is 7.47. The van der Waals surface area contributed by atoms with Gasteiger partial charge in [-0.15, -0.1) is 0 Å². The van der Waals surface area contributed by atoms with Crippen molar-refractivity contribution in [2.45, 2.75) is 44.7 Å². The maximum atomic E-state index is 11.7. The van der Waals surface area contributed by atoms with E-state index in [1.807, 2.05) is 38.1 Å². The summed E-state index contributed by atoms with van der Waals surface area (Å²) in [5, 5.41) is 3.31. The average molecular weight is 292 g/mol. The molecule has 1 amide bonds. The van der Waals surface area contributed by atoms with Crippen LogP contribution in [-0.2, 0) is 4.79 Å². The first kappa shape index (κ1) is 15.6. The van der Waals surface area contributed by atoms with Gasteiger partial charge in [0.2, 0.25) is 5.91 Å². The van der Waals surface area contributed by atoms with E-state index in [1.165, 1.54) is 0 Å². The molecule has 1 aliphatic rings. The van der Waals surface area contributed by atoms with Crippen molar-refractivity contribution < 1.29 is 14.3 Å². The van der Waals surface area contributed by atoms with Gasteiger partial charge in [0.15, 0.2) is 0 Å². The number of carbonyl (C=O) groups excluding carboxylic acids is 1. The average Bonchev–Trinajstić information content (AvgIpc) is 3.23. The number of hydrogen-bond acceptors (Lipinski definition) is 4. The molecule has 3 N–H and O–H groups in total. The topological polar surface area (TPSA) is 73.6 Å². The number of benzene rings is 1. The summed E-state index contributed by atoms with van der Waals surface area (Å²) in [6, 6.07) is 7.91. The zero-order chi connectivity index (χ0) is 15.3. The molecule has 1 aromatic rings. The number of nitrogens with two attached hydrogens (primary N) is 1. The number of rotatable bonds is 9. The fourth-order valence-electron chi connectivity index (χ4n) is 2.14. The lowest BCUT2D eigenvalue weighted by molar-refractivity contribution is -0.124. The molecule has 0 spiro atoms. The molecule has 0 bridgehead atoms. The Bertz CT molecular complexity index is 488. The van der Waals surface area contributed by atoms with Crippen LogP contribution in [0.5, 0.6) is 11.5 Å². The van der Waals surface area contributed by atoms with Gasteiger partial charge in [0.05, 0.1) is 18.8 Å². The maximum Gasteiger partial charge on any atom is 0.237 e. The second-order valence-corrected chi connectivity index (χ2v) is 5.62. The maximum absolute atomic E-state index is 11.7. The van der Waals surface area contributed by atoms with Crippen LogP contribution < -0.4 is 20.5 Å². The van der Waals surface area contributed by atoms with Crippen molar-refractivity contribution in [2.24, 2.45) is 5.73 Å². The molecule has 0 aliphatic heterocycles. The summed E-state index contributed by atoms with van der Waals surface area (Å²) in [6.07, 6.45) is 2.76. The SMILES string of the molecule is CCOc1cccc(OCCC(C)(NC2CC2)C(N)=O)c1. The number of amides is 1. The Hall–Kier alpha value is -1.75. The summed E-state index contributed by atoms with van der Waals surface area (Å²) in [5.74, 6) is 1.18. The predicted molar refractivity (Wildman–Crippen MR) is 81.5 cm³/mol. The molecule has 5 heteroatoms. The summed E-state index contributed by atoms with van der Waals surface area (Å²) in [6.45, 7) is 4.83. The van der Waals surface area contributed by atoms with Crippen molar-refractivity contribution in [2.75, 3.05) is 13.2 Å². The highest BCUT2D eigenvalue weighted by Gasteiger charge is 2.36. The third kappa shape index (κ3) is 4.63. The summed E-state index contributed by atoms with van der Waals surface area (Å²) in [4.78, 5) is 11.7. The Morgan fingerprint density at radius 1 is 1.38 bits per heavy atom. The Morgan fingerprint density at radius 3 is 2.62 bits per heavy atom. The van der Waals surface area contributed by atoms with Gasteiger partial charge in [-0.25, -0.2) is 0 Å². The van der Waals surface area contributed by atoms with E-state index in [1.54, 1.807) is 0 Å². The van der Waals surface area contributed by atoms with Crippen molar-refractivity contribution in [1.29, 1.82) is 0 Å². The van der Waals surface area contributed by atoms with E-state index in [0.29, 0.717) is 25.7 Å². The van der Waals surface area contributed by atoms with Crippen molar-refractivity contribution in [3.05, 3.63) is 24.3 Å². The highest BCUT2D eigenvalue weighted by Crippen LogP contribution is 2.25. The van der Waals surface area contributed by atoms with Gasteiger partial charge in [0.25, 0.3) is 0 Å². The molecular formula is C16H24N2O3. The smallest absolute Gasteiger partial charge is 0.237 e. The van der Waals surface area contributed by atoms with Gasteiger partial charge in [-0.1, -0.05) is 6.07 Å². The Morgan fingerprint density at radius 2 is 2.05 bits per heavy atom. The van der Waals surface area contributed by atoms with Crippen molar-refractivity contribution in [3.8, 4) is 11.5 Å². The molecule has 0 saturated heterocycles. The number of primary amides is 1. The number of ether oxygens (including phenoxy) is 2. The predicted octanol–water partition coefficient (Wildman–Crippen LogP) is 1.85. The minimum absolute atomic E-state index is 0.332. The Labute approximate surface area is 125 Å². The van der Waals surface area contributed by atoms with E-state index in [4.69, 9.17) is 15.2 Å². The lowest BCUT2D eigenvalue weighted by Gasteiger charge is -2.27. The first-order valence-electron chi connectivity index (χ1n) is 7.47. The van der Waals surface area contributed by atoms with Crippen molar-refractivity contribution in [1.82, 2.24) is 5.32 Å². The van der Waals surface area contributed by atoms with E-state index in [-0.39, 0.29) is 5.91 Å². The van der Waals surface area contributed by atoms with Crippen LogP contribution in [0.4, 0.5) is 0 Å². The van der Waals surface area contributed by atoms with Gasteiger partial charge < -0.3 is 20.5 Å². The minimum Gasteiger partial charge on any atom is -0.494 e. The van der Waals surface area contributed by atoms with E-state index in [2.05, 4.69) is 5.32 Å². The van der Waals surface area contributed by atoms with Gasteiger partial charge in [-0.2, -0.15) is 0 Å². The van der Waals surface area contributed by atoms with Crippen LogP contribution >= 0.6 is 0 Å². The molecule has 1 saturated carbocycles. The van der Waals surface area contributed by atoms with Gasteiger partial charge in [0, 0.05) is 18.5 Å². The largest absolute Gasteiger partial charge is 0.494 e. The molecular weight excluding hydrogens is 268 g/mol. The fraction of sp³-hybridized carbons (Fsp3) is 0.562. The fourth-order valence-corrected chi connectivity index (χ4v) is 2.14.